The summed E-state index contributed by atoms with van der Waals surface area (Å²) >= 11 is 0. The molecular weight excluding hydrogens is 268 g/mol. The fraction of sp³-hybridized carbons (Fsp3) is 0.562. The number of para-hydroxylation sites is 1. The molecular formula is C16H26N2O3. The summed E-state index contributed by atoms with van der Waals surface area (Å²) in [5.41, 5.74) is 7.36. The van der Waals surface area contributed by atoms with Crippen molar-refractivity contribution in [3.63, 3.8) is 0 Å². The average Bonchev–Trinajstić information content (AvgIpc) is 2.46. The molecule has 1 rings (SSSR count). The Morgan fingerprint density at radius 3 is 2.71 bits per heavy atom. The molecule has 0 aliphatic carbocycles. The topological polar surface area (TPSA) is 73.6 Å². The summed E-state index contributed by atoms with van der Waals surface area (Å²) in [6.07, 6.45) is 1.35. The molecule has 118 valence electrons. The first-order valence-corrected chi connectivity index (χ1v) is 7.40. The van der Waals surface area contributed by atoms with Gasteiger partial charge in [-0.05, 0) is 31.9 Å². The lowest BCUT2D eigenvalue weighted by Crippen LogP contribution is -2.15. The first-order valence-electron chi connectivity index (χ1n) is 7.40. The molecule has 0 radical (unpaired) electrons. The van der Waals surface area contributed by atoms with E-state index in [1.54, 1.807) is 0 Å². The maximum absolute atomic E-state index is 11.8. The van der Waals surface area contributed by atoms with Crippen LogP contribution in [0.25, 0.3) is 0 Å². The summed E-state index contributed by atoms with van der Waals surface area (Å²) in [6, 6.07) is 7.56. The highest BCUT2D eigenvalue weighted by Crippen LogP contribution is 2.14. The van der Waals surface area contributed by atoms with Crippen LogP contribution in [0, 0.1) is 0 Å². The van der Waals surface area contributed by atoms with Gasteiger partial charge in [0.1, 0.15) is 0 Å². The summed E-state index contributed by atoms with van der Waals surface area (Å²) < 4.78 is 10.8. The molecule has 0 fully saturated rings. The summed E-state index contributed by atoms with van der Waals surface area (Å²) in [5.74, 6) is -0.0158. The Morgan fingerprint density at radius 1 is 1.24 bits per heavy atom. The van der Waals surface area contributed by atoms with Gasteiger partial charge in [-0.3, -0.25) is 4.79 Å². The van der Waals surface area contributed by atoms with Crippen LogP contribution in [0.4, 0.5) is 5.69 Å². The Hall–Kier alpha value is -1.43. The van der Waals surface area contributed by atoms with Crippen molar-refractivity contribution in [3.8, 4) is 0 Å². The molecule has 0 unspecified atom stereocenters. The van der Waals surface area contributed by atoms with Gasteiger partial charge in [0.15, 0.2) is 0 Å². The second-order valence-corrected chi connectivity index (χ2v) is 5.04. The average molecular weight is 294 g/mol. The summed E-state index contributed by atoms with van der Waals surface area (Å²) in [7, 11) is 0. The molecule has 3 N–H and O–H groups in total. The van der Waals surface area contributed by atoms with E-state index in [9.17, 15) is 4.79 Å². The molecule has 0 heterocycles. The van der Waals surface area contributed by atoms with Crippen molar-refractivity contribution in [1.29, 1.82) is 0 Å². The number of benzene rings is 1. The van der Waals surface area contributed by atoms with E-state index in [1.165, 1.54) is 0 Å². The highest BCUT2D eigenvalue weighted by atomic mass is 16.5. The van der Waals surface area contributed by atoms with E-state index in [0.29, 0.717) is 39.2 Å². The predicted octanol–water partition coefficient (Wildman–Crippen LogP) is 2.31. The van der Waals surface area contributed by atoms with E-state index < -0.39 is 0 Å². The third-order valence-corrected chi connectivity index (χ3v) is 2.88. The lowest BCUT2D eigenvalue weighted by molar-refractivity contribution is -0.116. The molecule has 0 atom stereocenters. The zero-order chi connectivity index (χ0) is 15.5. The van der Waals surface area contributed by atoms with Crippen LogP contribution in [0.15, 0.2) is 24.3 Å². The maximum atomic E-state index is 11.8. The molecule has 0 aliphatic rings. The fourth-order valence-corrected chi connectivity index (χ4v) is 1.81. The first kappa shape index (κ1) is 17.6. The minimum Gasteiger partial charge on any atom is -0.379 e. The molecule has 1 aromatic carbocycles. The number of amides is 1. The quantitative estimate of drug-likeness (QED) is 0.649. The monoisotopic (exact) mass is 294 g/mol. The van der Waals surface area contributed by atoms with Crippen molar-refractivity contribution in [2.75, 3.05) is 25.1 Å². The number of hydrogen-bond acceptors (Lipinski definition) is 4. The normalized spacial score (nSPS) is 10.9. The number of carbonyl (C=O) groups is 1. The molecule has 5 heteroatoms. The van der Waals surface area contributed by atoms with Gasteiger partial charge in [-0.25, -0.2) is 0 Å². The van der Waals surface area contributed by atoms with E-state index in [4.69, 9.17) is 15.2 Å². The molecule has 0 aliphatic heterocycles. The van der Waals surface area contributed by atoms with Gasteiger partial charge in [0.25, 0.3) is 0 Å². The number of hydrogen-bond donors (Lipinski definition) is 2. The second-order valence-electron chi connectivity index (χ2n) is 5.04. The summed E-state index contributed by atoms with van der Waals surface area (Å²) in [4.78, 5) is 11.8. The van der Waals surface area contributed by atoms with Crippen LogP contribution < -0.4 is 11.1 Å². The van der Waals surface area contributed by atoms with Gasteiger partial charge in [0.05, 0.1) is 19.3 Å². The molecule has 0 aromatic heterocycles. The molecule has 0 bridgehead atoms. The number of nitrogens with one attached hydrogen (secondary N) is 1. The van der Waals surface area contributed by atoms with Crippen molar-refractivity contribution in [3.05, 3.63) is 29.8 Å². The fourth-order valence-electron chi connectivity index (χ4n) is 1.81. The Bertz CT molecular complexity index is 422. The molecule has 0 saturated heterocycles. The zero-order valence-corrected chi connectivity index (χ0v) is 12.9. The van der Waals surface area contributed by atoms with E-state index >= 15 is 0 Å². The Morgan fingerprint density at radius 2 is 2.00 bits per heavy atom. The number of rotatable bonds is 10. The smallest absolute Gasteiger partial charge is 0.224 e. The number of ether oxygens (including phenoxy) is 2. The van der Waals surface area contributed by atoms with Crippen LogP contribution in [0.5, 0.6) is 0 Å². The van der Waals surface area contributed by atoms with Gasteiger partial charge in [-0.1, -0.05) is 18.2 Å². The first-order chi connectivity index (χ1) is 10.1. The Balaban J connectivity index is 2.14. The van der Waals surface area contributed by atoms with Crippen LogP contribution in [-0.2, 0) is 20.8 Å². The second kappa shape index (κ2) is 10.3. The highest BCUT2D eigenvalue weighted by molar-refractivity contribution is 5.91. The van der Waals surface area contributed by atoms with Gasteiger partial charge in [-0.15, -0.1) is 0 Å². The summed E-state index contributed by atoms with van der Waals surface area (Å²) in [5, 5.41) is 2.88. The van der Waals surface area contributed by atoms with Gasteiger partial charge in [0, 0.05) is 25.3 Å². The van der Waals surface area contributed by atoms with E-state index in [1.807, 2.05) is 38.1 Å². The summed E-state index contributed by atoms with van der Waals surface area (Å²) in [6.45, 7) is 6.11. The number of carbonyl (C=O) groups excluding carboxylic acids is 1. The largest absolute Gasteiger partial charge is 0.379 e. The van der Waals surface area contributed by atoms with Crippen molar-refractivity contribution in [2.45, 2.75) is 39.3 Å². The number of anilines is 1. The molecule has 0 spiro atoms. The maximum Gasteiger partial charge on any atom is 0.224 e. The SMILES string of the molecule is CC(C)OCCOCCCC(=O)Nc1ccccc1CN. The lowest BCUT2D eigenvalue weighted by Gasteiger charge is -2.10. The Labute approximate surface area is 126 Å². The van der Waals surface area contributed by atoms with Crippen LogP contribution in [-0.4, -0.2) is 31.8 Å². The van der Waals surface area contributed by atoms with Crippen LogP contribution in [0.1, 0.15) is 32.3 Å². The van der Waals surface area contributed by atoms with E-state index in [2.05, 4.69) is 5.32 Å². The van der Waals surface area contributed by atoms with Crippen LogP contribution in [0.3, 0.4) is 0 Å². The lowest BCUT2D eigenvalue weighted by atomic mass is 10.1. The molecule has 0 saturated carbocycles. The van der Waals surface area contributed by atoms with Crippen LogP contribution in [0.2, 0.25) is 0 Å². The third-order valence-electron chi connectivity index (χ3n) is 2.88. The Kier molecular flexibility index (Phi) is 8.66. The van der Waals surface area contributed by atoms with Crippen LogP contribution >= 0.6 is 0 Å². The molecule has 5 nitrogen and oxygen atoms in total. The molecule has 1 aromatic rings. The van der Waals surface area contributed by atoms with Gasteiger partial charge in [0.2, 0.25) is 5.91 Å². The van der Waals surface area contributed by atoms with Crippen molar-refractivity contribution >= 4 is 11.6 Å². The minimum atomic E-state index is -0.0158. The highest BCUT2D eigenvalue weighted by Gasteiger charge is 2.05. The van der Waals surface area contributed by atoms with Crippen molar-refractivity contribution < 1.29 is 14.3 Å². The van der Waals surface area contributed by atoms with E-state index in [-0.39, 0.29) is 12.0 Å². The van der Waals surface area contributed by atoms with Gasteiger partial charge >= 0.3 is 0 Å². The number of nitrogens with two attached hydrogens (primary N) is 1. The third kappa shape index (κ3) is 7.80. The standard InChI is InChI=1S/C16H26N2O3/c1-13(2)21-11-10-20-9-5-8-16(19)18-15-7-4-3-6-14(15)12-17/h3-4,6-7,13H,5,8-12,17H2,1-2H3,(H,18,19). The zero-order valence-electron chi connectivity index (χ0n) is 12.9. The molecule has 21 heavy (non-hydrogen) atoms. The van der Waals surface area contributed by atoms with E-state index in [0.717, 1.165) is 11.3 Å². The van der Waals surface area contributed by atoms with Crippen molar-refractivity contribution in [1.82, 2.24) is 0 Å². The van der Waals surface area contributed by atoms with Crippen molar-refractivity contribution in [2.24, 2.45) is 5.73 Å². The minimum absolute atomic E-state index is 0.0158. The van der Waals surface area contributed by atoms with Gasteiger partial charge in [-0.2, -0.15) is 0 Å². The predicted molar refractivity (Wildman–Crippen MR) is 84.1 cm³/mol. The van der Waals surface area contributed by atoms with Gasteiger partial charge < -0.3 is 20.5 Å². The molecule has 1 amide bonds.